The monoisotopic (exact) mass is 332 g/mol. The molecule has 0 bridgehead atoms. The van der Waals surface area contributed by atoms with Gasteiger partial charge in [0.1, 0.15) is 17.1 Å². The third-order valence-electron chi connectivity index (χ3n) is 4.59. The van der Waals surface area contributed by atoms with Gasteiger partial charge >= 0.3 is 0 Å². The summed E-state index contributed by atoms with van der Waals surface area (Å²) in [4.78, 5) is 18.8. The zero-order valence-electron chi connectivity index (χ0n) is 13.0. The van der Waals surface area contributed by atoms with E-state index in [0.29, 0.717) is 29.8 Å². The van der Waals surface area contributed by atoms with Crippen LogP contribution < -0.4 is 10.5 Å². The Morgan fingerprint density at radius 2 is 2.13 bits per heavy atom. The van der Waals surface area contributed by atoms with E-state index in [2.05, 4.69) is 11.9 Å². The topological polar surface area (TPSA) is 71.2 Å². The van der Waals surface area contributed by atoms with Crippen molar-refractivity contribution >= 4 is 28.5 Å². The van der Waals surface area contributed by atoms with Crippen LogP contribution in [0.1, 0.15) is 25.3 Å². The zero-order chi connectivity index (χ0) is 16.6. The Hall–Kier alpha value is -2.10. The summed E-state index contributed by atoms with van der Waals surface area (Å²) in [5.41, 5.74) is 1.00. The average Bonchev–Trinajstić information content (AvgIpc) is 2.59. The highest BCUT2D eigenvalue weighted by molar-refractivity contribution is 6.19. The highest BCUT2D eigenvalue weighted by atomic mass is 35.5. The average molecular weight is 333 g/mol. The second kappa shape index (κ2) is 5.84. The first-order valence-electron chi connectivity index (χ1n) is 7.41. The minimum Gasteiger partial charge on any atom is -0.378 e. The lowest BCUT2D eigenvalue weighted by Gasteiger charge is -2.39. The second-order valence-electron chi connectivity index (χ2n) is 5.93. The van der Waals surface area contributed by atoms with Crippen LogP contribution in [0.2, 0.25) is 0 Å². The summed E-state index contributed by atoms with van der Waals surface area (Å²) in [6.07, 6.45) is 3.26. The van der Waals surface area contributed by atoms with E-state index in [-0.39, 0.29) is 11.2 Å². The van der Waals surface area contributed by atoms with Gasteiger partial charge in [-0.05, 0) is 31.9 Å². The molecule has 0 atom stereocenters. The third kappa shape index (κ3) is 2.56. The van der Waals surface area contributed by atoms with E-state index in [4.69, 9.17) is 16.5 Å². The number of nitriles is 1. The van der Waals surface area contributed by atoms with Crippen LogP contribution in [0, 0.1) is 11.3 Å². The normalized spacial score (nSPS) is 17.2. The number of methoxy groups -OCH3 is 1. The Bertz CT molecular complexity index is 848. The zero-order valence-corrected chi connectivity index (χ0v) is 13.8. The molecule has 0 N–H and O–H groups in total. The molecule has 3 heterocycles. The van der Waals surface area contributed by atoms with Crippen molar-refractivity contribution in [1.29, 1.82) is 5.26 Å². The van der Waals surface area contributed by atoms with Gasteiger partial charge in [-0.3, -0.25) is 9.78 Å². The SMILES string of the molecule is COC1(C)CCN(c2c(C#N)c(=O)n(Cl)c3cccnc23)CC1. The number of hydrogen-bond donors (Lipinski definition) is 0. The van der Waals surface area contributed by atoms with E-state index in [9.17, 15) is 10.1 Å². The minimum absolute atomic E-state index is 0.0345. The Morgan fingerprint density at radius 1 is 1.43 bits per heavy atom. The summed E-state index contributed by atoms with van der Waals surface area (Å²) in [5, 5.41) is 9.46. The first-order chi connectivity index (χ1) is 11.0. The molecule has 0 unspecified atom stereocenters. The second-order valence-corrected chi connectivity index (χ2v) is 6.27. The number of rotatable bonds is 2. The van der Waals surface area contributed by atoms with E-state index < -0.39 is 5.56 Å². The number of piperidine rings is 1. The Balaban J connectivity index is 2.16. The summed E-state index contributed by atoms with van der Waals surface area (Å²) < 4.78 is 6.52. The summed E-state index contributed by atoms with van der Waals surface area (Å²) in [5.74, 6) is 0. The lowest BCUT2D eigenvalue weighted by Crippen LogP contribution is -2.44. The van der Waals surface area contributed by atoms with Gasteiger partial charge in [0.15, 0.2) is 0 Å². The lowest BCUT2D eigenvalue weighted by molar-refractivity contribution is -0.0132. The molecular weight excluding hydrogens is 316 g/mol. The van der Waals surface area contributed by atoms with Crippen molar-refractivity contribution in [1.82, 2.24) is 9.07 Å². The van der Waals surface area contributed by atoms with E-state index in [1.165, 1.54) is 0 Å². The van der Waals surface area contributed by atoms with E-state index in [1.807, 2.05) is 11.0 Å². The third-order valence-corrected chi connectivity index (χ3v) is 4.93. The smallest absolute Gasteiger partial charge is 0.285 e. The fourth-order valence-corrected chi connectivity index (χ4v) is 3.20. The summed E-state index contributed by atoms with van der Waals surface area (Å²) >= 11 is 6.06. The van der Waals surface area contributed by atoms with E-state index >= 15 is 0 Å². The molecule has 1 aliphatic heterocycles. The Kier molecular flexibility index (Phi) is 4.00. The van der Waals surface area contributed by atoms with Crippen LogP contribution in [0.15, 0.2) is 23.1 Å². The molecule has 0 aliphatic carbocycles. The van der Waals surface area contributed by atoms with Gasteiger partial charge in [0.25, 0.3) is 5.56 Å². The van der Waals surface area contributed by atoms with Gasteiger partial charge < -0.3 is 9.64 Å². The molecule has 2 aromatic heterocycles. The van der Waals surface area contributed by atoms with E-state index in [1.54, 1.807) is 25.4 Å². The molecular formula is C16H17ClN4O2. The standard InChI is InChI=1S/C16H17ClN4O2/c1-16(23-2)5-8-20(9-6-16)14-11(10-18)15(22)21(17)12-4-3-7-19-13(12)14/h3-4,7H,5-6,8-9H2,1-2H3. The fraction of sp³-hybridized carbons (Fsp3) is 0.438. The van der Waals surface area contributed by atoms with Crippen molar-refractivity contribution in [3.05, 3.63) is 34.2 Å². The first-order valence-corrected chi connectivity index (χ1v) is 7.74. The van der Waals surface area contributed by atoms with Gasteiger partial charge in [-0.2, -0.15) is 5.26 Å². The molecule has 1 fully saturated rings. The molecule has 0 saturated carbocycles. The van der Waals surface area contributed by atoms with Gasteiger partial charge in [-0.15, -0.1) is 0 Å². The largest absolute Gasteiger partial charge is 0.378 e. The number of anilines is 1. The van der Waals surface area contributed by atoms with Crippen LogP contribution in [0.25, 0.3) is 11.0 Å². The van der Waals surface area contributed by atoms with Crippen molar-refractivity contribution in [3.8, 4) is 6.07 Å². The van der Waals surface area contributed by atoms with Crippen LogP contribution in [0.5, 0.6) is 0 Å². The predicted molar refractivity (Wildman–Crippen MR) is 88.8 cm³/mol. The van der Waals surface area contributed by atoms with Gasteiger partial charge in [0.05, 0.1) is 16.8 Å². The number of ether oxygens (including phenoxy) is 1. The van der Waals surface area contributed by atoms with Crippen LogP contribution in [0.3, 0.4) is 0 Å². The number of hydrogen-bond acceptors (Lipinski definition) is 5. The van der Waals surface area contributed by atoms with Gasteiger partial charge in [-0.25, -0.2) is 4.09 Å². The van der Waals surface area contributed by atoms with Crippen molar-refractivity contribution in [2.24, 2.45) is 0 Å². The fourth-order valence-electron chi connectivity index (χ4n) is 2.98. The maximum absolute atomic E-state index is 12.4. The lowest BCUT2D eigenvalue weighted by atomic mass is 9.92. The van der Waals surface area contributed by atoms with Gasteiger partial charge in [-0.1, -0.05) is 0 Å². The minimum atomic E-state index is -0.509. The molecule has 0 spiro atoms. The number of fused-ring (bicyclic) bond motifs is 1. The molecule has 1 aliphatic rings. The highest BCUT2D eigenvalue weighted by Gasteiger charge is 2.32. The summed E-state index contributed by atoms with van der Waals surface area (Å²) in [6, 6.07) is 5.44. The van der Waals surface area contributed by atoms with Crippen LogP contribution in [-0.2, 0) is 4.74 Å². The van der Waals surface area contributed by atoms with Gasteiger partial charge in [0.2, 0.25) is 0 Å². The van der Waals surface area contributed by atoms with Crippen molar-refractivity contribution < 1.29 is 4.74 Å². The maximum atomic E-state index is 12.4. The molecule has 23 heavy (non-hydrogen) atoms. The molecule has 2 aromatic rings. The van der Waals surface area contributed by atoms with Crippen LogP contribution in [0.4, 0.5) is 5.69 Å². The quantitative estimate of drug-likeness (QED) is 0.843. The molecule has 6 nitrogen and oxygen atoms in total. The molecule has 7 heteroatoms. The number of pyridine rings is 2. The van der Waals surface area contributed by atoms with Crippen LogP contribution >= 0.6 is 11.8 Å². The van der Waals surface area contributed by atoms with Crippen molar-refractivity contribution in [3.63, 3.8) is 0 Å². The van der Waals surface area contributed by atoms with Crippen molar-refractivity contribution in [2.75, 3.05) is 25.1 Å². The maximum Gasteiger partial charge on any atom is 0.285 e. The van der Waals surface area contributed by atoms with Crippen LogP contribution in [-0.4, -0.2) is 34.9 Å². The van der Waals surface area contributed by atoms with E-state index in [0.717, 1.165) is 16.9 Å². The Morgan fingerprint density at radius 3 is 2.74 bits per heavy atom. The summed E-state index contributed by atoms with van der Waals surface area (Å²) in [7, 11) is 1.71. The number of nitrogens with zero attached hydrogens (tertiary/aromatic N) is 4. The molecule has 0 amide bonds. The first kappa shape index (κ1) is 15.8. The number of aromatic nitrogens is 2. The molecule has 0 radical (unpaired) electrons. The molecule has 1 saturated heterocycles. The summed E-state index contributed by atoms with van der Waals surface area (Å²) in [6.45, 7) is 3.45. The highest BCUT2D eigenvalue weighted by Crippen LogP contribution is 2.33. The molecule has 3 rings (SSSR count). The molecule has 120 valence electrons. The predicted octanol–water partition coefficient (Wildman–Crippen LogP) is 2.28. The Labute approximate surface area is 139 Å². The molecule has 0 aromatic carbocycles. The van der Waals surface area contributed by atoms with Gasteiger partial charge in [0, 0.05) is 38.2 Å². The van der Waals surface area contributed by atoms with Crippen molar-refractivity contribution in [2.45, 2.75) is 25.4 Å². The number of halogens is 1.